The van der Waals surface area contributed by atoms with Gasteiger partial charge in [0.25, 0.3) is 0 Å². The number of aliphatic hydroxyl groups is 2. The molecule has 2 rings (SSSR count). The zero-order valence-electron chi connectivity index (χ0n) is 16.7. The summed E-state index contributed by atoms with van der Waals surface area (Å²) in [6, 6.07) is 6.19. The number of carboxylic acids is 1. The molecule has 0 fully saturated rings. The molecule has 2 atom stereocenters. The van der Waals surface area contributed by atoms with Gasteiger partial charge in [0.15, 0.2) is 0 Å². The van der Waals surface area contributed by atoms with Crippen molar-refractivity contribution in [3.63, 3.8) is 0 Å². The number of halogens is 3. The minimum Gasteiger partial charge on any atom is -0.550 e. The maximum absolute atomic E-state index is 13.4. The zero-order chi connectivity index (χ0) is 21.0. The maximum atomic E-state index is 13.4. The molecule has 0 aliphatic carbocycles. The van der Waals surface area contributed by atoms with E-state index in [-0.39, 0.29) is 47.7 Å². The maximum Gasteiger partial charge on any atom is 1.00 e. The molecular formula is C20H23Br2FNNaO4. The number of aliphatic carboxylic acids is 1. The minimum absolute atomic E-state index is 0. The second kappa shape index (κ2) is 12.0. The molecule has 9 heteroatoms. The molecule has 2 aromatic rings. The van der Waals surface area contributed by atoms with Crippen molar-refractivity contribution in [3.05, 3.63) is 44.7 Å². The zero-order valence-corrected chi connectivity index (χ0v) is 21.8. The Bertz CT molecular complexity index is 827. The third-order valence-corrected chi connectivity index (χ3v) is 6.59. The number of aliphatic hydroxyl groups excluding tert-OH is 2. The van der Waals surface area contributed by atoms with E-state index in [0.717, 1.165) is 25.9 Å². The van der Waals surface area contributed by atoms with E-state index < -0.39 is 24.6 Å². The number of carbonyl (C=O) groups excluding carboxylic acids is 1. The van der Waals surface area contributed by atoms with Crippen LogP contribution in [0.3, 0.4) is 0 Å². The molecule has 0 amide bonds. The number of benzene rings is 1. The third-order valence-electron chi connectivity index (χ3n) is 4.48. The van der Waals surface area contributed by atoms with Crippen LogP contribution in [0.5, 0.6) is 0 Å². The molecule has 29 heavy (non-hydrogen) atoms. The third kappa shape index (κ3) is 7.16. The Morgan fingerprint density at radius 3 is 2.24 bits per heavy atom. The first kappa shape index (κ1) is 26.8. The summed E-state index contributed by atoms with van der Waals surface area (Å²) in [6.07, 6.45) is -2.23. The molecule has 1 heterocycles. The van der Waals surface area contributed by atoms with Gasteiger partial charge in [0.1, 0.15) is 5.82 Å². The average Bonchev–Trinajstić information content (AvgIpc) is 2.84. The van der Waals surface area contributed by atoms with E-state index in [0.29, 0.717) is 13.0 Å². The first-order chi connectivity index (χ1) is 13.1. The quantitative estimate of drug-likeness (QED) is 0.454. The largest absolute Gasteiger partial charge is 1.00 e. The number of carbonyl (C=O) groups is 1. The molecule has 0 radical (unpaired) electrons. The summed E-state index contributed by atoms with van der Waals surface area (Å²) < 4.78 is 17.1. The summed E-state index contributed by atoms with van der Waals surface area (Å²) in [7, 11) is 0. The first-order valence-electron chi connectivity index (χ1n) is 9.01. The Labute approximate surface area is 208 Å². The van der Waals surface area contributed by atoms with Crippen molar-refractivity contribution in [3.8, 4) is 11.3 Å². The predicted molar refractivity (Wildman–Crippen MR) is 110 cm³/mol. The summed E-state index contributed by atoms with van der Waals surface area (Å²) in [5.41, 5.74) is 2.71. The van der Waals surface area contributed by atoms with Crippen LogP contribution in [0.25, 0.3) is 11.3 Å². The molecular weight excluding hydrogens is 520 g/mol. The van der Waals surface area contributed by atoms with Gasteiger partial charge in [-0.3, -0.25) is 0 Å². The summed E-state index contributed by atoms with van der Waals surface area (Å²) in [5.74, 6) is -1.49. The van der Waals surface area contributed by atoms with E-state index in [1.54, 1.807) is 12.1 Å². The van der Waals surface area contributed by atoms with Crippen LogP contribution >= 0.6 is 31.9 Å². The molecule has 2 N–H and O–H groups in total. The molecule has 1 aromatic carbocycles. The SMILES string of the molecule is CC(C)c1c(Br)c(Br)c(-c2ccc(F)cc2)n1CCC(O)CC(O)CC(=O)[O-].[Na+]. The van der Waals surface area contributed by atoms with Crippen molar-refractivity contribution >= 4 is 37.8 Å². The van der Waals surface area contributed by atoms with Gasteiger partial charge in [-0.15, -0.1) is 0 Å². The fourth-order valence-corrected chi connectivity index (χ4v) is 4.75. The Kier molecular flexibility index (Phi) is 11.1. The number of hydrogen-bond acceptors (Lipinski definition) is 4. The molecule has 0 spiro atoms. The molecule has 0 aliphatic rings. The van der Waals surface area contributed by atoms with Gasteiger partial charge in [0.05, 0.1) is 26.8 Å². The topological polar surface area (TPSA) is 85.5 Å². The number of nitrogens with zero attached hydrogens (tertiary/aromatic N) is 1. The van der Waals surface area contributed by atoms with E-state index in [9.17, 15) is 24.5 Å². The van der Waals surface area contributed by atoms with Gasteiger partial charge in [-0.25, -0.2) is 4.39 Å². The summed E-state index contributed by atoms with van der Waals surface area (Å²) in [4.78, 5) is 10.6. The van der Waals surface area contributed by atoms with Crippen LogP contribution < -0.4 is 34.7 Å². The van der Waals surface area contributed by atoms with E-state index in [1.807, 2.05) is 0 Å². The van der Waals surface area contributed by atoms with Gasteiger partial charge in [0.2, 0.25) is 0 Å². The monoisotopic (exact) mass is 541 g/mol. The number of aromatic nitrogens is 1. The van der Waals surface area contributed by atoms with Crippen LogP contribution in [-0.2, 0) is 11.3 Å². The number of rotatable bonds is 9. The molecule has 0 bridgehead atoms. The minimum atomic E-state index is -1.35. The van der Waals surface area contributed by atoms with Crippen molar-refractivity contribution in [1.29, 1.82) is 0 Å². The van der Waals surface area contributed by atoms with Crippen molar-refractivity contribution in [2.45, 2.75) is 57.8 Å². The fourth-order valence-electron chi connectivity index (χ4n) is 3.25. The fraction of sp³-hybridized carbons (Fsp3) is 0.450. The van der Waals surface area contributed by atoms with Crippen LogP contribution in [0.2, 0.25) is 0 Å². The van der Waals surface area contributed by atoms with E-state index in [4.69, 9.17) is 0 Å². The molecule has 0 saturated carbocycles. The smallest absolute Gasteiger partial charge is 0.550 e. The van der Waals surface area contributed by atoms with Crippen LogP contribution in [0.15, 0.2) is 33.2 Å². The normalized spacial score (nSPS) is 13.2. The van der Waals surface area contributed by atoms with Crippen LogP contribution in [0.1, 0.15) is 44.7 Å². The molecule has 1 aromatic heterocycles. The summed E-state index contributed by atoms with van der Waals surface area (Å²) in [6.45, 7) is 4.55. The van der Waals surface area contributed by atoms with E-state index >= 15 is 0 Å². The van der Waals surface area contributed by atoms with E-state index in [1.165, 1.54) is 12.1 Å². The standard InChI is InChI=1S/C20H24Br2FNO4.Na/c1-11(2)19-17(21)18(22)20(12-3-5-13(23)6-4-12)24(19)8-7-14(25)9-15(26)10-16(27)28;/h3-6,11,14-15,25-26H,7-10H2,1-2H3,(H,27,28);/q;+1/p-1. The van der Waals surface area contributed by atoms with Gasteiger partial charge < -0.3 is 24.7 Å². The molecule has 0 aliphatic heterocycles. The van der Waals surface area contributed by atoms with Crippen LogP contribution in [0, 0.1) is 5.82 Å². The Morgan fingerprint density at radius 2 is 1.72 bits per heavy atom. The van der Waals surface area contributed by atoms with Crippen LogP contribution in [0.4, 0.5) is 4.39 Å². The van der Waals surface area contributed by atoms with Crippen LogP contribution in [-0.4, -0.2) is 33.0 Å². The Hall–Kier alpha value is -0.220. The Morgan fingerprint density at radius 1 is 1.14 bits per heavy atom. The number of hydrogen-bond donors (Lipinski definition) is 2. The summed E-state index contributed by atoms with van der Waals surface area (Å²) in [5, 5.41) is 30.5. The molecule has 2 unspecified atom stereocenters. The van der Waals surface area contributed by atoms with Gasteiger partial charge in [-0.1, -0.05) is 13.8 Å². The average molecular weight is 543 g/mol. The van der Waals surface area contributed by atoms with Crippen molar-refractivity contribution in [2.24, 2.45) is 0 Å². The second-order valence-electron chi connectivity index (χ2n) is 7.08. The first-order valence-corrected chi connectivity index (χ1v) is 10.6. The predicted octanol–water partition coefficient (Wildman–Crippen LogP) is 0.589. The van der Waals surface area contributed by atoms with Gasteiger partial charge in [-0.05, 0) is 80.4 Å². The van der Waals surface area contributed by atoms with Gasteiger partial charge in [-0.2, -0.15) is 0 Å². The van der Waals surface area contributed by atoms with Crippen molar-refractivity contribution < 1.29 is 54.1 Å². The number of carboxylic acid groups (broad SMARTS) is 1. The Balaban J connectivity index is 0.00000420. The molecule has 5 nitrogen and oxygen atoms in total. The van der Waals surface area contributed by atoms with E-state index in [2.05, 4.69) is 50.3 Å². The molecule has 154 valence electrons. The van der Waals surface area contributed by atoms with Gasteiger partial charge in [0, 0.05) is 24.6 Å². The van der Waals surface area contributed by atoms with Gasteiger partial charge >= 0.3 is 29.6 Å². The van der Waals surface area contributed by atoms with Crippen molar-refractivity contribution in [1.82, 2.24) is 4.57 Å². The molecule has 0 saturated heterocycles. The second-order valence-corrected chi connectivity index (χ2v) is 8.67. The summed E-state index contributed by atoms with van der Waals surface area (Å²) >= 11 is 7.24. The van der Waals surface area contributed by atoms with Crippen molar-refractivity contribution in [2.75, 3.05) is 0 Å².